The summed E-state index contributed by atoms with van der Waals surface area (Å²) in [5.41, 5.74) is 7.35. The van der Waals surface area contributed by atoms with Gasteiger partial charge in [0.2, 0.25) is 10.0 Å². The summed E-state index contributed by atoms with van der Waals surface area (Å²) < 4.78 is 22.6. The fraction of sp³-hybridized carbons (Fsp3) is 0. The SMILES string of the molecule is NC(=S)c1ccc(Nc2cccc(S(N)(=O)=O)c2)cc1Cl. The highest BCUT2D eigenvalue weighted by atomic mass is 35.5. The molecular formula is C13H12ClN3O2S2. The Morgan fingerprint density at radius 2 is 1.81 bits per heavy atom. The molecule has 110 valence electrons. The molecule has 0 spiro atoms. The van der Waals surface area contributed by atoms with Crippen molar-refractivity contribution >= 4 is 50.2 Å². The van der Waals surface area contributed by atoms with Gasteiger partial charge in [0.15, 0.2) is 0 Å². The number of rotatable bonds is 4. The molecule has 0 radical (unpaired) electrons. The molecule has 0 amide bonds. The number of primary sulfonamides is 1. The van der Waals surface area contributed by atoms with Crippen molar-refractivity contribution in [1.29, 1.82) is 0 Å². The predicted molar refractivity (Wildman–Crippen MR) is 88.4 cm³/mol. The van der Waals surface area contributed by atoms with Crippen LogP contribution < -0.4 is 16.2 Å². The molecule has 0 aliphatic heterocycles. The van der Waals surface area contributed by atoms with E-state index in [0.717, 1.165) is 0 Å². The maximum Gasteiger partial charge on any atom is 0.238 e. The first-order valence-electron chi connectivity index (χ1n) is 5.76. The van der Waals surface area contributed by atoms with Crippen LogP contribution in [0.4, 0.5) is 11.4 Å². The second-order valence-electron chi connectivity index (χ2n) is 4.26. The van der Waals surface area contributed by atoms with Gasteiger partial charge in [0, 0.05) is 16.9 Å². The van der Waals surface area contributed by atoms with Crippen molar-refractivity contribution in [2.75, 3.05) is 5.32 Å². The van der Waals surface area contributed by atoms with E-state index in [4.69, 9.17) is 34.7 Å². The van der Waals surface area contributed by atoms with Gasteiger partial charge < -0.3 is 11.1 Å². The number of sulfonamides is 1. The second kappa shape index (κ2) is 5.98. The molecule has 0 saturated carbocycles. The highest BCUT2D eigenvalue weighted by molar-refractivity contribution is 7.89. The molecule has 0 atom stereocenters. The van der Waals surface area contributed by atoms with Gasteiger partial charge in [-0.3, -0.25) is 0 Å². The lowest BCUT2D eigenvalue weighted by Crippen LogP contribution is -2.12. The van der Waals surface area contributed by atoms with E-state index in [1.165, 1.54) is 12.1 Å². The van der Waals surface area contributed by atoms with Crippen LogP contribution in [0.15, 0.2) is 47.4 Å². The van der Waals surface area contributed by atoms with E-state index in [-0.39, 0.29) is 9.88 Å². The van der Waals surface area contributed by atoms with Crippen molar-refractivity contribution < 1.29 is 8.42 Å². The van der Waals surface area contributed by atoms with Crippen LogP contribution in [0.3, 0.4) is 0 Å². The molecule has 0 fully saturated rings. The molecule has 2 rings (SSSR count). The molecule has 8 heteroatoms. The number of benzene rings is 2. The Kier molecular flexibility index (Phi) is 4.48. The summed E-state index contributed by atoms with van der Waals surface area (Å²) in [5, 5.41) is 8.54. The topological polar surface area (TPSA) is 98.2 Å². The molecule has 21 heavy (non-hydrogen) atoms. The average Bonchev–Trinajstić information content (AvgIpc) is 2.37. The molecule has 0 aliphatic carbocycles. The monoisotopic (exact) mass is 341 g/mol. The molecule has 5 N–H and O–H groups in total. The number of halogens is 1. The van der Waals surface area contributed by atoms with Crippen molar-refractivity contribution in [2.24, 2.45) is 10.9 Å². The smallest absolute Gasteiger partial charge is 0.238 e. The third-order valence-electron chi connectivity index (χ3n) is 2.69. The molecule has 0 bridgehead atoms. The van der Waals surface area contributed by atoms with E-state index in [0.29, 0.717) is 22.0 Å². The van der Waals surface area contributed by atoms with Crippen LogP contribution in [0.1, 0.15) is 5.56 Å². The van der Waals surface area contributed by atoms with Gasteiger partial charge >= 0.3 is 0 Å². The minimum absolute atomic E-state index is 0.0263. The van der Waals surface area contributed by atoms with Gasteiger partial charge in [-0.15, -0.1) is 0 Å². The molecule has 0 saturated heterocycles. The molecular weight excluding hydrogens is 330 g/mol. The number of anilines is 2. The first-order chi connectivity index (χ1) is 9.77. The fourth-order valence-electron chi connectivity index (χ4n) is 1.71. The van der Waals surface area contributed by atoms with E-state index >= 15 is 0 Å². The van der Waals surface area contributed by atoms with Crippen molar-refractivity contribution in [3.63, 3.8) is 0 Å². The van der Waals surface area contributed by atoms with E-state index in [2.05, 4.69) is 5.32 Å². The van der Waals surface area contributed by atoms with Crippen LogP contribution in [0.25, 0.3) is 0 Å². The van der Waals surface area contributed by atoms with Crippen LogP contribution in [0, 0.1) is 0 Å². The third kappa shape index (κ3) is 3.92. The van der Waals surface area contributed by atoms with Gasteiger partial charge in [-0.2, -0.15) is 0 Å². The molecule has 5 nitrogen and oxygen atoms in total. The summed E-state index contributed by atoms with van der Waals surface area (Å²) in [4.78, 5) is 0.237. The zero-order valence-corrected chi connectivity index (χ0v) is 13.1. The summed E-state index contributed by atoms with van der Waals surface area (Å²) in [7, 11) is -3.74. The Bertz CT molecular complexity index is 807. The van der Waals surface area contributed by atoms with E-state index in [1.807, 2.05) is 0 Å². The van der Waals surface area contributed by atoms with Gasteiger partial charge in [0.05, 0.1) is 9.92 Å². The van der Waals surface area contributed by atoms with E-state index in [9.17, 15) is 8.42 Å². The normalized spacial score (nSPS) is 11.1. The van der Waals surface area contributed by atoms with Gasteiger partial charge in [-0.25, -0.2) is 13.6 Å². The number of nitrogens with one attached hydrogen (secondary N) is 1. The number of hydrogen-bond donors (Lipinski definition) is 3. The summed E-state index contributed by atoms with van der Waals surface area (Å²) in [5.74, 6) is 0. The number of hydrogen-bond acceptors (Lipinski definition) is 4. The first-order valence-corrected chi connectivity index (χ1v) is 8.10. The van der Waals surface area contributed by atoms with Crippen molar-refractivity contribution in [1.82, 2.24) is 0 Å². The van der Waals surface area contributed by atoms with Crippen LogP contribution in [0.2, 0.25) is 5.02 Å². The maximum atomic E-state index is 11.3. The summed E-state index contributed by atoms with van der Waals surface area (Å²) in [6, 6.07) is 11.2. The zero-order valence-electron chi connectivity index (χ0n) is 10.7. The minimum Gasteiger partial charge on any atom is -0.389 e. The van der Waals surface area contributed by atoms with E-state index < -0.39 is 10.0 Å². The van der Waals surface area contributed by atoms with Crippen molar-refractivity contribution in [3.05, 3.63) is 53.1 Å². The molecule has 2 aromatic carbocycles. The lowest BCUT2D eigenvalue weighted by Gasteiger charge is -2.10. The molecule has 0 aromatic heterocycles. The summed E-state index contributed by atoms with van der Waals surface area (Å²) in [6.07, 6.45) is 0. The molecule has 2 aromatic rings. The fourth-order valence-corrected chi connectivity index (χ4v) is 2.79. The highest BCUT2D eigenvalue weighted by Crippen LogP contribution is 2.24. The maximum absolute atomic E-state index is 11.3. The lowest BCUT2D eigenvalue weighted by molar-refractivity contribution is 0.598. The lowest BCUT2D eigenvalue weighted by atomic mass is 10.2. The molecule has 0 unspecified atom stereocenters. The van der Waals surface area contributed by atoms with Gasteiger partial charge in [-0.1, -0.05) is 29.9 Å². The Balaban J connectivity index is 2.31. The predicted octanol–water partition coefficient (Wildman–Crippen LogP) is 2.37. The quantitative estimate of drug-likeness (QED) is 0.741. The minimum atomic E-state index is -3.74. The van der Waals surface area contributed by atoms with Crippen LogP contribution in [0.5, 0.6) is 0 Å². The third-order valence-corrected chi connectivity index (χ3v) is 4.13. The number of thiocarbonyl (C=S) groups is 1. The summed E-state index contributed by atoms with van der Waals surface area (Å²) >= 11 is 10.9. The Morgan fingerprint density at radius 1 is 1.14 bits per heavy atom. The van der Waals surface area contributed by atoms with Crippen molar-refractivity contribution in [3.8, 4) is 0 Å². The zero-order chi connectivity index (χ0) is 15.6. The van der Waals surface area contributed by atoms with E-state index in [1.54, 1.807) is 30.3 Å². The Morgan fingerprint density at radius 3 is 2.38 bits per heavy atom. The molecule has 0 heterocycles. The number of nitrogens with two attached hydrogens (primary N) is 2. The Hall–Kier alpha value is -1.67. The first kappa shape index (κ1) is 15.7. The van der Waals surface area contributed by atoms with Gasteiger partial charge in [0.1, 0.15) is 4.99 Å². The Labute approximate surface area is 133 Å². The molecule has 0 aliphatic rings. The second-order valence-corrected chi connectivity index (χ2v) is 6.67. The van der Waals surface area contributed by atoms with Gasteiger partial charge in [-0.05, 0) is 36.4 Å². The van der Waals surface area contributed by atoms with Crippen LogP contribution in [-0.4, -0.2) is 13.4 Å². The highest BCUT2D eigenvalue weighted by Gasteiger charge is 2.09. The van der Waals surface area contributed by atoms with Gasteiger partial charge in [0.25, 0.3) is 0 Å². The largest absolute Gasteiger partial charge is 0.389 e. The van der Waals surface area contributed by atoms with Crippen molar-refractivity contribution in [2.45, 2.75) is 4.90 Å². The standard InChI is InChI=1S/C13H12ClN3O2S2/c14-12-7-9(4-5-11(12)13(15)20)17-8-2-1-3-10(6-8)21(16,18)19/h1-7,17H,(H2,15,20)(H2,16,18,19). The van der Waals surface area contributed by atoms with Crippen LogP contribution in [-0.2, 0) is 10.0 Å². The summed E-state index contributed by atoms with van der Waals surface area (Å²) in [6.45, 7) is 0. The van der Waals surface area contributed by atoms with Crippen LogP contribution >= 0.6 is 23.8 Å². The average molecular weight is 342 g/mol.